The first-order valence-corrected chi connectivity index (χ1v) is 6.94. The third-order valence-corrected chi connectivity index (χ3v) is 3.43. The molecule has 5 nitrogen and oxygen atoms in total. The van der Waals surface area contributed by atoms with Gasteiger partial charge in [-0.25, -0.2) is 4.98 Å². The average molecular weight is 288 g/mol. The van der Waals surface area contributed by atoms with Gasteiger partial charge < -0.3 is 14.7 Å². The highest BCUT2D eigenvalue weighted by Crippen LogP contribution is 2.31. The van der Waals surface area contributed by atoms with Gasteiger partial charge in [0.05, 0.1) is 13.5 Å². The number of methoxy groups -OCH3 is 1. The molecule has 0 aliphatic heterocycles. The number of rotatable bonds is 6. The Labute approximate surface area is 124 Å². The van der Waals surface area contributed by atoms with E-state index in [-0.39, 0.29) is 12.5 Å². The van der Waals surface area contributed by atoms with Gasteiger partial charge in [-0.2, -0.15) is 0 Å². The second-order valence-electron chi connectivity index (χ2n) is 5.12. The van der Waals surface area contributed by atoms with Crippen LogP contribution in [0.1, 0.15) is 20.3 Å². The zero-order chi connectivity index (χ0) is 15.4. The van der Waals surface area contributed by atoms with Gasteiger partial charge in [0.15, 0.2) is 0 Å². The maximum Gasteiger partial charge on any atom is 0.305 e. The SMILES string of the molecule is COc1cccc2c(N(CCC(=O)O)C(C)C)nccc12. The summed E-state index contributed by atoms with van der Waals surface area (Å²) >= 11 is 0. The number of anilines is 1. The number of carbonyl (C=O) groups is 1. The number of aromatic nitrogens is 1. The Kier molecular flexibility index (Phi) is 4.62. The van der Waals surface area contributed by atoms with Crippen LogP contribution in [0.2, 0.25) is 0 Å². The summed E-state index contributed by atoms with van der Waals surface area (Å²) in [7, 11) is 1.64. The smallest absolute Gasteiger partial charge is 0.305 e. The lowest BCUT2D eigenvalue weighted by molar-refractivity contribution is -0.136. The Bertz CT molecular complexity index is 640. The van der Waals surface area contributed by atoms with Crippen molar-refractivity contribution in [2.75, 3.05) is 18.6 Å². The molecule has 1 N–H and O–H groups in total. The maximum absolute atomic E-state index is 10.9. The van der Waals surface area contributed by atoms with Crippen LogP contribution in [0.3, 0.4) is 0 Å². The average Bonchev–Trinajstić information content (AvgIpc) is 2.46. The topological polar surface area (TPSA) is 62.7 Å². The van der Waals surface area contributed by atoms with Crippen molar-refractivity contribution in [1.82, 2.24) is 4.98 Å². The lowest BCUT2D eigenvalue weighted by Crippen LogP contribution is -2.33. The van der Waals surface area contributed by atoms with E-state index in [2.05, 4.69) is 4.98 Å². The quantitative estimate of drug-likeness (QED) is 0.885. The summed E-state index contributed by atoms with van der Waals surface area (Å²) in [5, 5.41) is 10.9. The molecule has 1 heterocycles. The fraction of sp³-hybridized carbons (Fsp3) is 0.375. The van der Waals surface area contributed by atoms with Crippen LogP contribution in [0.5, 0.6) is 5.75 Å². The molecule has 2 rings (SSSR count). The normalized spacial score (nSPS) is 10.9. The Balaban J connectivity index is 2.50. The highest BCUT2D eigenvalue weighted by Gasteiger charge is 2.17. The van der Waals surface area contributed by atoms with Crippen molar-refractivity contribution in [1.29, 1.82) is 0 Å². The second-order valence-corrected chi connectivity index (χ2v) is 5.12. The maximum atomic E-state index is 10.9. The first-order chi connectivity index (χ1) is 10.0. The van der Waals surface area contributed by atoms with Crippen LogP contribution in [-0.2, 0) is 4.79 Å². The molecule has 0 atom stereocenters. The van der Waals surface area contributed by atoms with E-state index in [1.807, 2.05) is 43.0 Å². The standard InChI is InChI=1S/C16H20N2O3/c1-11(2)18(10-8-15(19)20)16-13-5-4-6-14(21-3)12(13)7-9-17-16/h4-7,9,11H,8,10H2,1-3H3,(H,19,20). The number of hydrogen-bond donors (Lipinski definition) is 1. The molecule has 0 bridgehead atoms. The van der Waals surface area contributed by atoms with Gasteiger partial charge in [0, 0.05) is 29.6 Å². The predicted octanol–water partition coefficient (Wildman–Crippen LogP) is 2.93. The van der Waals surface area contributed by atoms with E-state index in [9.17, 15) is 4.79 Å². The van der Waals surface area contributed by atoms with Crippen LogP contribution in [0.25, 0.3) is 10.8 Å². The Morgan fingerprint density at radius 1 is 1.33 bits per heavy atom. The fourth-order valence-corrected chi connectivity index (χ4v) is 2.39. The van der Waals surface area contributed by atoms with Crippen molar-refractivity contribution in [2.24, 2.45) is 0 Å². The Morgan fingerprint density at radius 2 is 2.10 bits per heavy atom. The Hall–Kier alpha value is -2.30. The monoisotopic (exact) mass is 288 g/mol. The molecule has 1 aromatic carbocycles. The zero-order valence-corrected chi connectivity index (χ0v) is 12.5. The number of aliphatic carboxylic acids is 1. The van der Waals surface area contributed by atoms with Gasteiger partial charge in [-0.3, -0.25) is 4.79 Å². The molecule has 0 radical (unpaired) electrons. The highest BCUT2D eigenvalue weighted by atomic mass is 16.5. The Morgan fingerprint density at radius 3 is 2.71 bits per heavy atom. The van der Waals surface area contributed by atoms with Crippen LogP contribution >= 0.6 is 0 Å². The molecule has 5 heteroatoms. The number of carboxylic acid groups (broad SMARTS) is 1. The molecule has 0 aliphatic rings. The third-order valence-electron chi connectivity index (χ3n) is 3.43. The summed E-state index contributed by atoms with van der Waals surface area (Å²) in [5.74, 6) is 0.777. The van der Waals surface area contributed by atoms with E-state index in [1.165, 1.54) is 0 Å². The summed E-state index contributed by atoms with van der Waals surface area (Å²) in [6.07, 6.45) is 1.82. The van der Waals surface area contributed by atoms with Crippen LogP contribution in [0, 0.1) is 0 Å². The molecule has 112 valence electrons. The van der Waals surface area contributed by atoms with Gasteiger partial charge in [0.2, 0.25) is 0 Å². The van der Waals surface area contributed by atoms with E-state index in [1.54, 1.807) is 13.3 Å². The molecule has 0 spiro atoms. The molecule has 0 saturated heterocycles. The molecular formula is C16H20N2O3. The minimum atomic E-state index is -0.807. The highest BCUT2D eigenvalue weighted by molar-refractivity contribution is 5.96. The zero-order valence-electron chi connectivity index (χ0n) is 12.5. The molecule has 0 saturated carbocycles. The lowest BCUT2D eigenvalue weighted by atomic mass is 10.1. The summed E-state index contributed by atoms with van der Waals surface area (Å²) in [5.41, 5.74) is 0. The van der Waals surface area contributed by atoms with Crippen LogP contribution in [-0.4, -0.2) is 35.8 Å². The minimum absolute atomic E-state index is 0.0835. The minimum Gasteiger partial charge on any atom is -0.496 e. The number of benzene rings is 1. The van der Waals surface area contributed by atoms with E-state index < -0.39 is 5.97 Å². The molecule has 0 unspecified atom stereocenters. The van der Waals surface area contributed by atoms with Crippen molar-refractivity contribution in [3.8, 4) is 5.75 Å². The van der Waals surface area contributed by atoms with Gasteiger partial charge in [-0.1, -0.05) is 12.1 Å². The summed E-state index contributed by atoms with van der Waals surface area (Å²) in [6.45, 7) is 4.49. The number of pyridine rings is 1. The third kappa shape index (κ3) is 3.24. The number of nitrogens with zero attached hydrogens (tertiary/aromatic N) is 2. The summed E-state index contributed by atoms with van der Waals surface area (Å²) in [6, 6.07) is 7.88. The number of fused-ring (bicyclic) bond motifs is 1. The molecule has 1 aromatic heterocycles. The van der Waals surface area contributed by atoms with Gasteiger partial charge in [0.25, 0.3) is 0 Å². The number of hydrogen-bond acceptors (Lipinski definition) is 4. The van der Waals surface area contributed by atoms with Gasteiger partial charge >= 0.3 is 5.97 Å². The largest absolute Gasteiger partial charge is 0.496 e. The predicted molar refractivity (Wildman–Crippen MR) is 83.0 cm³/mol. The first-order valence-electron chi connectivity index (χ1n) is 6.94. The van der Waals surface area contributed by atoms with E-state index in [4.69, 9.17) is 9.84 Å². The lowest BCUT2D eigenvalue weighted by Gasteiger charge is -2.28. The van der Waals surface area contributed by atoms with Gasteiger partial charge in [-0.15, -0.1) is 0 Å². The number of ether oxygens (including phenoxy) is 1. The van der Waals surface area contributed by atoms with Crippen molar-refractivity contribution < 1.29 is 14.6 Å². The van der Waals surface area contributed by atoms with E-state index >= 15 is 0 Å². The van der Waals surface area contributed by atoms with Crippen molar-refractivity contribution in [2.45, 2.75) is 26.3 Å². The second kappa shape index (κ2) is 6.43. The molecule has 0 amide bonds. The molecule has 0 fully saturated rings. The van der Waals surface area contributed by atoms with Crippen LogP contribution in [0.4, 0.5) is 5.82 Å². The van der Waals surface area contributed by atoms with Crippen LogP contribution < -0.4 is 9.64 Å². The summed E-state index contributed by atoms with van der Waals surface area (Å²) in [4.78, 5) is 17.3. The van der Waals surface area contributed by atoms with Crippen LogP contribution in [0.15, 0.2) is 30.5 Å². The molecule has 2 aromatic rings. The number of carboxylic acids is 1. The summed E-state index contributed by atoms with van der Waals surface area (Å²) < 4.78 is 5.38. The molecule has 21 heavy (non-hydrogen) atoms. The van der Waals surface area contributed by atoms with Crippen molar-refractivity contribution in [3.05, 3.63) is 30.5 Å². The first kappa shape index (κ1) is 15.1. The van der Waals surface area contributed by atoms with E-state index in [0.29, 0.717) is 6.54 Å². The molecular weight excluding hydrogens is 268 g/mol. The van der Waals surface area contributed by atoms with Crippen molar-refractivity contribution in [3.63, 3.8) is 0 Å². The van der Waals surface area contributed by atoms with Gasteiger partial charge in [0.1, 0.15) is 11.6 Å². The van der Waals surface area contributed by atoms with E-state index in [0.717, 1.165) is 22.3 Å². The van der Waals surface area contributed by atoms with Gasteiger partial charge in [-0.05, 0) is 26.0 Å². The van der Waals surface area contributed by atoms with Crippen molar-refractivity contribution >= 4 is 22.6 Å². The molecule has 0 aliphatic carbocycles. The fourth-order valence-electron chi connectivity index (χ4n) is 2.39.